The molecule has 2 aliphatic rings. The van der Waals surface area contributed by atoms with E-state index in [0.717, 1.165) is 52.6 Å². The summed E-state index contributed by atoms with van der Waals surface area (Å²) in [7, 11) is -4.86. The van der Waals surface area contributed by atoms with Crippen molar-refractivity contribution >= 4 is 36.8 Å². The van der Waals surface area contributed by atoms with E-state index in [1.54, 1.807) is 12.1 Å². The van der Waals surface area contributed by atoms with Crippen LogP contribution in [0.3, 0.4) is 0 Å². The normalized spacial score (nSPS) is 21.7. The Morgan fingerprint density at radius 1 is 0.941 bits per heavy atom. The monoisotopic (exact) mass is 504 g/mol. The average molecular weight is 505 g/mol. The summed E-state index contributed by atoms with van der Waals surface area (Å²) in [5.74, 6) is 0.647. The zero-order valence-corrected chi connectivity index (χ0v) is 20.8. The van der Waals surface area contributed by atoms with E-state index >= 15 is 0 Å². The molecule has 1 aromatic heterocycles. The van der Waals surface area contributed by atoms with Crippen molar-refractivity contribution in [3.8, 4) is 0 Å². The second kappa shape index (κ2) is 8.33. The summed E-state index contributed by atoms with van der Waals surface area (Å²) in [6.07, 6.45) is 3.94. The lowest BCUT2D eigenvalue weighted by atomic mass is 9.89. The van der Waals surface area contributed by atoms with Crippen molar-refractivity contribution in [3.63, 3.8) is 0 Å². The molecule has 0 aliphatic carbocycles. The highest BCUT2D eigenvalue weighted by Crippen LogP contribution is 2.42. The van der Waals surface area contributed by atoms with Crippen LogP contribution in [0.5, 0.6) is 0 Å². The molecule has 3 heterocycles. The van der Waals surface area contributed by atoms with Crippen LogP contribution in [0, 0.1) is 0 Å². The van der Waals surface area contributed by atoms with Crippen LogP contribution in [0.4, 0.5) is 5.82 Å². The lowest BCUT2D eigenvalue weighted by molar-refractivity contribution is 0.0397. The third-order valence-corrected chi connectivity index (χ3v) is 10.2. The number of benzene rings is 2. The topological polar surface area (TPSA) is 102 Å². The summed E-state index contributed by atoms with van der Waals surface area (Å²) in [6, 6.07) is 12.6. The average Bonchev–Trinajstić information content (AvgIpc) is 3.41. The van der Waals surface area contributed by atoms with E-state index in [0.29, 0.717) is 17.9 Å². The first-order valence-corrected chi connectivity index (χ1v) is 14.2. The summed E-state index contributed by atoms with van der Waals surface area (Å²) >= 11 is 0. The van der Waals surface area contributed by atoms with Gasteiger partial charge in [-0.2, -0.15) is 12.5 Å². The minimum atomic E-state index is -4.06. The quantitative estimate of drug-likeness (QED) is 0.526. The number of anilines is 1. The van der Waals surface area contributed by atoms with Crippen LogP contribution in [0.25, 0.3) is 10.9 Å². The molecule has 2 aromatic carbocycles. The smallest absolute Gasteiger partial charge is 0.283 e. The van der Waals surface area contributed by atoms with Gasteiger partial charge in [0.05, 0.1) is 27.5 Å². The Kier molecular flexibility index (Phi) is 5.70. The number of hydrogen-bond donors (Lipinski definition) is 0. The highest BCUT2D eigenvalue weighted by atomic mass is 32.2. The number of nitrogens with zero attached hydrogens (tertiary/aromatic N) is 4. The van der Waals surface area contributed by atoms with Gasteiger partial charge >= 0.3 is 0 Å². The van der Waals surface area contributed by atoms with Crippen LogP contribution in [0.2, 0.25) is 0 Å². The van der Waals surface area contributed by atoms with E-state index in [1.165, 1.54) is 38.4 Å². The predicted molar refractivity (Wildman–Crippen MR) is 129 cm³/mol. The molecule has 3 aromatic rings. The fourth-order valence-corrected chi connectivity index (χ4v) is 7.20. The fraction of sp³-hybridized carbons (Fsp3) is 0.435. The van der Waals surface area contributed by atoms with E-state index in [-0.39, 0.29) is 15.3 Å². The van der Waals surface area contributed by atoms with Crippen molar-refractivity contribution in [1.82, 2.24) is 13.5 Å². The number of rotatable bonds is 5. The van der Waals surface area contributed by atoms with E-state index in [1.807, 2.05) is 12.1 Å². The Bertz CT molecular complexity index is 1420. The van der Waals surface area contributed by atoms with Gasteiger partial charge in [-0.1, -0.05) is 12.1 Å². The van der Waals surface area contributed by atoms with Gasteiger partial charge in [-0.05, 0) is 62.1 Å². The van der Waals surface area contributed by atoms with Crippen molar-refractivity contribution in [1.29, 1.82) is 0 Å². The molecule has 1 unspecified atom stereocenters. The molecular weight excluding hydrogens is 476 g/mol. The van der Waals surface area contributed by atoms with Gasteiger partial charge in [0, 0.05) is 32.6 Å². The number of sulfonamides is 1. The summed E-state index contributed by atoms with van der Waals surface area (Å²) in [5.41, 5.74) is 0.327. The molecule has 5 rings (SSSR count). The fourth-order valence-electron chi connectivity index (χ4n) is 5.02. The summed E-state index contributed by atoms with van der Waals surface area (Å²) in [5, 5.41) is 5.41. The number of fused-ring (bicyclic) bond motifs is 1. The Balaban J connectivity index is 1.60. The largest absolute Gasteiger partial charge is 0.379 e. The lowest BCUT2D eigenvalue weighted by Crippen LogP contribution is -2.50. The first-order valence-electron chi connectivity index (χ1n) is 11.3. The minimum Gasteiger partial charge on any atom is -0.379 e. The number of hydrogen-bond acceptors (Lipinski definition) is 7. The van der Waals surface area contributed by atoms with Gasteiger partial charge in [0.1, 0.15) is 0 Å². The number of aromatic nitrogens is 2. The van der Waals surface area contributed by atoms with Crippen molar-refractivity contribution in [3.05, 3.63) is 48.5 Å². The molecule has 182 valence electrons. The molecular formula is C23H28N4O5S2. The van der Waals surface area contributed by atoms with Gasteiger partial charge < -0.3 is 9.64 Å². The maximum absolute atomic E-state index is 13.6. The van der Waals surface area contributed by atoms with Crippen molar-refractivity contribution < 1.29 is 21.6 Å². The highest BCUT2D eigenvalue weighted by molar-refractivity contribution is 7.90. The van der Waals surface area contributed by atoms with Gasteiger partial charge in [0.25, 0.3) is 10.0 Å². The van der Waals surface area contributed by atoms with Gasteiger partial charge in [-0.25, -0.2) is 12.7 Å². The van der Waals surface area contributed by atoms with Gasteiger partial charge in [-0.3, -0.25) is 0 Å². The van der Waals surface area contributed by atoms with Crippen LogP contribution in [-0.2, 0) is 24.8 Å². The minimum absolute atomic E-state index is 0.0258. The molecule has 11 heteroatoms. The van der Waals surface area contributed by atoms with Crippen LogP contribution < -0.4 is 4.90 Å². The van der Waals surface area contributed by atoms with Gasteiger partial charge in [0.2, 0.25) is 10.0 Å². The van der Waals surface area contributed by atoms with Crippen LogP contribution >= 0.6 is 0 Å². The third-order valence-electron chi connectivity index (χ3n) is 6.82. The first kappa shape index (κ1) is 23.3. The Morgan fingerprint density at radius 2 is 1.62 bits per heavy atom. The summed E-state index contributed by atoms with van der Waals surface area (Å²) in [6.45, 7) is 2.16. The molecule has 2 fully saturated rings. The maximum Gasteiger partial charge on any atom is 0.283 e. The lowest BCUT2D eigenvalue weighted by Gasteiger charge is -2.41. The summed E-state index contributed by atoms with van der Waals surface area (Å²) in [4.78, 5) is 2.23. The van der Waals surface area contributed by atoms with E-state index < -0.39 is 20.0 Å². The maximum atomic E-state index is 13.6. The molecule has 1 spiro atoms. The molecule has 0 amide bonds. The zero-order chi connectivity index (χ0) is 24.1. The van der Waals surface area contributed by atoms with E-state index in [9.17, 15) is 16.8 Å². The van der Waals surface area contributed by atoms with Gasteiger partial charge in [-0.15, -0.1) is 5.10 Å². The van der Waals surface area contributed by atoms with E-state index in [4.69, 9.17) is 4.74 Å². The molecule has 34 heavy (non-hydrogen) atoms. The second-order valence-corrected chi connectivity index (χ2v) is 13.0. The first-order chi connectivity index (χ1) is 16.2. The number of para-hydroxylation sites is 1. The molecule has 0 N–H and O–H groups in total. The number of ether oxygens (including phenoxy) is 1. The molecule has 1 atom stereocenters. The molecule has 2 saturated heterocycles. The van der Waals surface area contributed by atoms with Crippen LogP contribution in [-0.4, -0.2) is 69.7 Å². The standard InChI is InChI=1S/C23H28N4O5S2/c1-25(2)33(28,29)18-9-11-19(12-10-18)34(30,31)27-21-8-4-3-7-20(21)22(24-27)26-15-5-13-23(26)14-6-16-32-17-23/h3-4,7-12H,5-6,13-17H2,1-2H3. The van der Waals surface area contributed by atoms with Crippen LogP contribution in [0.1, 0.15) is 25.7 Å². The van der Waals surface area contributed by atoms with Crippen LogP contribution in [0.15, 0.2) is 58.3 Å². The summed E-state index contributed by atoms with van der Waals surface area (Å²) < 4.78 is 60.0. The van der Waals surface area contributed by atoms with Crippen molar-refractivity contribution in [2.75, 3.05) is 38.8 Å². The van der Waals surface area contributed by atoms with E-state index in [2.05, 4.69) is 10.00 Å². The molecule has 2 aliphatic heterocycles. The molecule has 0 bridgehead atoms. The molecule has 9 nitrogen and oxygen atoms in total. The molecule has 0 saturated carbocycles. The SMILES string of the molecule is CN(C)S(=O)(=O)c1ccc(S(=O)(=O)n2nc(N3CCCC34CCCOC4)c3ccccc32)cc1. The van der Waals surface area contributed by atoms with Gasteiger partial charge in [0.15, 0.2) is 5.82 Å². The predicted octanol–water partition coefficient (Wildman–Crippen LogP) is 2.67. The third kappa shape index (κ3) is 3.62. The Labute approximate surface area is 200 Å². The highest BCUT2D eigenvalue weighted by Gasteiger charge is 2.44. The Morgan fingerprint density at radius 3 is 2.29 bits per heavy atom. The molecule has 0 radical (unpaired) electrons. The van der Waals surface area contributed by atoms with Crippen molar-refractivity contribution in [2.24, 2.45) is 0 Å². The van der Waals surface area contributed by atoms with Crippen molar-refractivity contribution in [2.45, 2.75) is 41.0 Å². The second-order valence-electron chi connectivity index (χ2n) is 9.08. The Hall–Kier alpha value is -2.47. The zero-order valence-electron chi connectivity index (χ0n) is 19.2.